The Labute approximate surface area is 108 Å². The Morgan fingerprint density at radius 1 is 1.32 bits per heavy atom. The van der Waals surface area contributed by atoms with E-state index in [9.17, 15) is 4.39 Å². The molecule has 0 radical (unpaired) electrons. The Morgan fingerprint density at radius 2 is 2.26 bits per heavy atom. The maximum Gasteiger partial charge on any atom is 0.150 e. The van der Waals surface area contributed by atoms with Gasteiger partial charge in [-0.3, -0.25) is 0 Å². The number of hydrogen-bond donors (Lipinski definition) is 1. The highest BCUT2D eigenvalue weighted by molar-refractivity contribution is 5.49. The van der Waals surface area contributed by atoms with Gasteiger partial charge in [0.1, 0.15) is 18.3 Å². The fourth-order valence-electron chi connectivity index (χ4n) is 1.73. The Hall–Kier alpha value is -2.63. The fraction of sp³-hybridized carbons (Fsp3) is 0.0769. The van der Waals surface area contributed by atoms with Crippen LogP contribution in [-0.2, 0) is 6.54 Å². The normalized spacial score (nSPS) is 10.6. The minimum absolute atomic E-state index is 0.359. The van der Waals surface area contributed by atoms with E-state index < -0.39 is 0 Å². The molecule has 0 aliphatic carbocycles. The van der Waals surface area contributed by atoms with Gasteiger partial charge in [-0.05, 0) is 24.3 Å². The summed E-state index contributed by atoms with van der Waals surface area (Å²) < 4.78 is 20.3. The summed E-state index contributed by atoms with van der Waals surface area (Å²) >= 11 is 0. The highest BCUT2D eigenvalue weighted by Gasteiger charge is 2.06. The SMILES string of the molecule is Fc1cc(NCc2ccoc2)ccc1-n1cncn1. The van der Waals surface area contributed by atoms with E-state index in [1.807, 2.05) is 6.07 Å². The Bertz CT molecular complexity index is 649. The lowest BCUT2D eigenvalue weighted by Gasteiger charge is -2.07. The van der Waals surface area contributed by atoms with Crippen molar-refractivity contribution in [1.82, 2.24) is 14.8 Å². The van der Waals surface area contributed by atoms with Gasteiger partial charge < -0.3 is 9.73 Å². The van der Waals surface area contributed by atoms with Crippen LogP contribution in [0.2, 0.25) is 0 Å². The average Bonchev–Trinajstić information content (AvgIpc) is 3.10. The van der Waals surface area contributed by atoms with Crippen molar-refractivity contribution in [2.24, 2.45) is 0 Å². The van der Waals surface area contributed by atoms with Crippen molar-refractivity contribution in [2.45, 2.75) is 6.54 Å². The predicted molar refractivity (Wildman–Crippen MR) is 67.4 cm³/mol. The first-order valence-corrected chi connectivity index (χ1v) is 5.72. The summed E-state index contributed by atoms with van der Waals surface area (Å²) in [6.07, 6.45) is 6.07. The van der Waals surface area contributed by atoms with E-state index in [4.69, 9.17) is 4.42 Å². The van der Waals surface area contributed by atoms with E-state index in [1.54, 1.807) is 24.7 Å². The van der Waals surface area contributed by atoms with Crippen molar-refractivity contribution >= 4 is 5.69 Å². The standard InChI is InChI=1S/C13H11FN4O/c14-12-5-11(16-6-10-3-4-19-7-10)1-2-13(12)18-9-15-8-17-18/h1-5,7-9,16H,6H2. The molecule has 1 N–H and O–H groups in total. The van der Waals surface area contributed by atoms with Crippen LogP contribution < -0.4 is 5.32 Å². The largest absolute Gasteiger partial charge is 0.472 e. The summed E-state index contributed by atoms with van der Waals surface area (Å²) in [6.45, 7) is 0.582. The first-order chi connectivity index (χ1) is 9.33. The lowest BCUT2D eigenvalue weighted by molar-refractivity contribution is 0.564. The molecule has 0 atom stereocenters. The van der Waals surface area contributed by atoms with Crippen LogP contribution in [0.25, 0.3) is 5.69 Å². The maximum atomic E-state index is 13.9. The molecule has 3 aromatic rings. The van der Waals surface area contributed by atoms with Crippen molar-refractivity contribution in [3.05, 3.63) is 60.8 Å². The quantitative estimate of drug-likeness (QED) is 0.781. The third-order valence-corrected chi connectivity index (χ3v) is 2.69. The van der Waals surface area contributed by atoms with E-state index in [0.29, 0.717) is 17.9 Å². The van der Waals surface area contributed by atoms with Gasteiger partial charge in [0.05, 0.1) is 12.5 Å². The number of rotatable bonds is 4. The number of nitrogens with one attached hydrogen (secondary N) is 1. The molecular weight excluding hydrogens is 247 g/mol. The molecule has 2 aromatic heterocycles. The van der Waals surface area contributed by atoms with Crippen LogP contribution in [0.5, 0.6) is 0 Å². The second kappa shape index (κ2) is 4.93. The molecule has 0 aliphatic heterocycles. The summed E-state index contributed by atoms with van der Waals surface area (Å²) in [5.41, 5.74) is 2.06. The number of nitrogens with zero attached hydrogens (tertiary/aromatic N) is 3. The van der Waals surface area contributed by atoms with Crippen LogP contribution in [0.15, 0.2) is 53.9 Å². The third kappa shape index (κ3) is 2.47. The van der Waals surface area contributed by atoms with E-state index in [-0.39, 0.29) is 5.82 Å². The summed E-state index contributed by atoms with van der Waals surface area (Å²) in [6, 6.07) is 6.73. The second-order valence-corrected chi connectivity index (χ2v) is 3.99. The minimum Gasteiger partial charge on any atom is -0.472 e. The highest BCUT2D eigenvalue weighted by Crippen LogP contribution is 2.18. The minimum atomic E-state index is -0.359. The molecule has 0 amide bonds. The molecule has 0 aliphatic rings. The lowest BCUT2D eigenvalue weighted by Crippen LogP contribution is -2.02. The third-order valence-electron chi connectivity index (χ3n) is 2.69. The Kier molecular flexibility index (Phi) is 2.97. The summed E-state index contributed by atoms with van der Waals surface area (Å²) in [5, 5.41) is 7.01. The molecule has 0 bridgehead atoms. The van der Waals surface area contributed by atoms with E-state index >= 15 is 0 Å². The van der Waals surface area contributed by atoms with E-state index in [2.05, 4.69) is 15.4 Å². The van der Waals surface area contributed by atoms with Gasteiger partial charge in [0.15, 0.2) is 5.82 Å². The molecule has 0 fully saturated rings. The molecule has 1 aromatic carbocycles. The number of halogens is 1. The number of hydrogen-bond acceptors (Lipinski definition) is 4. The molecule has 2 heterocycles. The zero-order valence-corrected chi connectivity index (χ0v) is 9.95. The van der Waals surface area contributed by atoms with E-state index in [0.717, 1.165) is 5.56 Å². The van der Waals surface area contributed by atoms with Gasteiger partial charge in [0.25, 0.3) is 0 Å². The Balaban J connectivity index is 1.76. The van der Waals surface area contributed by atoms with Crippen molar-refractivity contribution in [3.8, 4) is 5.69 Å². The van der Waals surface area contributed by atoms with Crippen molar-refractivity contribution in [1.29, 1.82) is 0 Å². The molecule has 0 saturated carbocycles. The van der Waals surface area contributed by atoms with Gasteiger partial charge in [0.2, 0.25) is 0 Å². The van der Waals surface area contributed by atoms with Gasteiger partial charge in [-0.25, -0.2) is 14.1 Å². The molecule has 5 nitrogen and oxygen atoms in total. The van der Waals surface area contributed by atoms with Crippen LogP contribution in [0, 0.1) is 5.82 Å². The molecule has 0 saturated heterocycles. The molecule has 96 valence electrons. The van der Waals surface area contributed by atoms with Crippen LogP contribution in [-0.4, -0.2) is 14.8 Å². The fourth-order valence-corrected chi connectivity index (χ4v) is 1.73. The monoisotopic (exact) mass is 258 g/mol. The summed E-state index contributed by atoms with van der Waals surface area (Å²) in [5.74, 6) is -0.359. The van der Waals surface area contributed by atoms with Crippen molar-refractivity contribution in [3.63, 3.8) is 0 Å². The maximum absolute atomic E-state index is 13.9. The highest BCUT2D eigenvalue weighted by atomic mass is 19.1. The van der Waals surface area contributed by atoms with Crippen LogP contribution in [0.4, 0.5) is 10.1 Å². The number of furan rings is 1. The van der Waals surface area contributed by atoms with Gasteiger partial charge in [0, 0.05) is 17.8 Å². The molecule has 3 rings (SSSR count). The topological polar surface area (TPSA) is 55.9 Å². The first kappa shape index (κ1) is 11.5. The van der Waals surface area contributed by atoms with Gasteiger partial charge in [-0.2, -0.15) is 5.10 Å². The lowest BCUT2D eigenvalue weighted by atomic mass is 10.2. The van der Waals surface area contributed by atoms with Crippen LogP contribution in [0.3, 0.4) is 0 Å². The first-order valence-electron chi connectivity index (χ1n) is 5.72. The van der Waals surface area contributed by atoms with Crippen LogP contribution in [0.1, 0.15) is 5.56 Å². The molecule has 0 unspecified atom stereocenters. The zero-order valence-electron chi connectivity index (χ0n) is 9.95. The van der Waals surface area contributed by atoms with Gasteiger partial charge in [-0.15, -0.1) is 0 Å². The predicted octanol–water partition coefficient (Wildman–Crippen LogP) is 2.61. The Morgan fingerprint density at radius 3 is 2.95 bits per heavy atom. The molecule has 19 heavy (non-hydrogen) atoms. The number of aromatic nitrogens is 3. The molecule has 0 spiro atoms. The zero-order chi connectivity index (χ0) is 13.1. The smallest absolute Gasteiger partial charge is 0.150 e. The molecular formula is C13H11FN4O. The average molecular weight is 258 g/mol. The molecule has 6 heteroatoms. The number of benzene rings is 1. The second-order valence-electron chi connectivity index (χ2n) is 3.99. The van der Waals surface area contributed by atoms with Gasteiger partial charge in [-0.1, -0.05) is 0 Å². The van der Waals surface area contributed by atoms with E-state index in [1.165, 1.54) is 23.4 Å². The van der Waals surface area contributed by atoms with Gasteiger partial charge >= 0.3 is 0 Å². The summed E-state index contributed by atoms with van der Waals surface area (Å²) in [4.78, 5) is 3.79. The number of anilines is 1. The summed E-state index contributed by atoms with van der Waals surface area (Å²) in [7, 11) is 0. The van der Waals surface area contributed by atoms with Crippen molar-refractivity contribution in [2.75, 3.05) is 5.32 Å². The van der Waals surface area contributed by atoms with Crippen molar-refractivity contribution < 1.29 is 8.81 Å². The van der Waals surface area contributed by atoms with Crippen LogP contribution >= 0.6 is 0 Å².